The number of ether oxygens (including phenoxy) is 1. The summed E-state index contributed by atoms with van der Waals surface area (Å²) in [5, 5.41) is 0.753. The zero-order valence-corrected chi connectivity index (χ0v) is 22.8. The first kappa shape index (κ1) is 27.0. The molecule has 3 aromatic carbocycles. The van der Waals surface area contributed by atoms with Gasteiger partial charge in [0.1, 0.15) is 18.2 Å². The van der Waals surface area contributed by atoms with Crippen LogP contribution in [0.4, 0.5) is 19.3 Å². The Bertz CT molecular complexity index is 1250. The van der Waals surface area contributed by atoms with Crippen molar-refractivity contribution < 1.29 is 22.8 Å². The molecule has 4 nitrogen and oxygen atoms in total. The van der Waals surface area contributed by atoms with Crippen LogP contribution in [-0.2, 0) is 11.3 Å². The average molecular weight is 558 g/mol. The summed E-state index contributed by atoms with van der Waals surface area (Å²) in [6.45, 7) is 4.14. The lowest BCUT2D eigenvalue weighted by Gasteiger charge is -2.52. The van der Waals surface area contributed by atoms with Gasteiger partial charge in [-0.05, 0) is 48.0 Å². The lowest BCUT2D eigenvalue weighted by atomic mass is 9.83. The number of hydrogen-bond acceptors (Lipinski definition) is 3. The van der Waals surface area contributed by atoms with Crippen LogP contribution in [0.5, 0.6) is 0 Å². The molecular weight excluding hydrogens is 526 g/mol. The third-order valence-corrected chi connectivity index (χ3v) is 9.07. The van der Waals surface area contributed by atoms with Gasteiger partial charge in [-0.1, -0.05) is 41.9 Å². The number of nitrogens with zero attached hydrogens (tertiary/aromatic N) is 2. The fraction of sp³-hybridized carbons (Fsp3) is 0.367. The fourth-order valence-corrected chi connectivity index (χ4v) is 6.85. The number of carbonyl (C=O) groups excluding carboxylic acids is 1. The minimum Gasteiger partial charge on any atom is -0.440 e. The van der Waals surface area contributed by atoms with E-state index in [2.05, 4.69) is 6.07 Å². The van der Waals surface area contributed by atoms with E-state index in [1.54, 1.807) is 30.3 Å². The maximum atomic E-state index is 14.8. The van der Waals surface area contributed by atoms with E-state index in [1.807, 2.05) is 30.0 Å². The van der Waals surface area contributed by atoms with Crippen LogP contribution >= 0.6 is 23.4 Å². The van der Waals surface area contributed by atoms with Gasteiger partial charge in [0.25, 0.3) is 0 Å². The molecule has 0 spiro atoms. The minimum absolute atomic E-state index is 0.0954. The average Bonchev–Trinajstić information content (AvgIpc) is 2.92. The van der Waals surface area contributed by atoms with Crippen LogP contribution in [0.2, 0.25) is 5.02 Å². The number of piperidine rings is 3. The van der Waals surface area contributed by atoms with Gasteiger partial charge >= 0.3 is 6.09 Å². The molecule has 3 aromatic rings. The molecule has 3 aliphatic rings. The molecule has 38 heavy (non-hydrogen) atoms. The summed E-state index contributed by atoms with van der Waals surface area (Å²) in [6.07, 6.45) is 2.35. The Labute approximate surface area is 232 Å². The second-order valence-corrected chi connectivity index (χ2v) is 11.9. The van der Waals surface area contributed by atoms with Crippen LogP contribution in [-0.4, -0.2) is 48.6 Å². The monoisotopic (exact) mass is 557 g/mol. The Kier molecular flexibility index (Phi) is 8.56. The molecule has 3 heterocycles. The van der Waals surface area contributed by atoms with Crippen molar-refractivity contribution in [2.75, 3.05) is 36.8 Å². The quantitative estimate of drug-likeness (QED) is 0.154. The molecule has 0 N–H and O–H groups in total. The van der Waals surface area contributed by atoms with E-state index in [0.717, 1.165) is 60.7 Å². The van der Waals surface area contributed by atoms with Crippen molar-refractivity contribution in [1.82, 2.24) is 0 Å². The van der Waals surface area contributed by atoms with Crippen molar-refractivity contribution >= 4 is 35.1 Å². The summed E-state index contributed by atoms with van der Waals surface area (Å²) < 4.78 is 35.3. The van der Waals surface area contributed by atoms with E-state index in [-0.39, 0.29) is 24.2 Å². The van der Waals surface area contributed by atoms with E-state index in [9.17, 15) is 13.6 Å². The number of anilines is 1. The van der Waals surface area contributed by atoms with Crippen molar-refractivity contribution in [2.45, 2.75) is 36.8 Å². The van der Waals surface area contributed by atoms with Crippen LogP contribution < -0.4 is 4.90 Å². The molecule has 0 radical (unpaired) electrons. The molecule has 200 valence electrons. The number of benzene rings is 3. The van der Waals surface area contributed by atoms with Gasteiger partial charge in [0, 0.05) is 40.9 Å². The van der Waals surface area contributed by atoms with Crippen molar-refractivity contribution in [2.24, 2.45) is 5.92 Å². The van der Waals surface area contributed by atoms with Crippen LogP contribution in [0, 0.1) is 17.6 Å². The molecule has 0 saturated carbocycles. The van der Waals surface area contributed by atoms with Crippen LogP contribution in [0.25, 0.3) is 0 Å². The highest BCUT2D eigenvalue weighted by molar-refractivity contribution is 7.99. The number of thioether (sulfide) groups is 1. The number of halogens is 3. The fourth-order valence-electron chi connectivity index (χ4n) is 5.70. The number of para-hydroxylation sites is 1. The highest BCUT2D eigenvalue weighted by atomic mass is 35.5. The first-order valence-electron chi connectivity index (χ1n) is 13.1. The zero-order valence-electron chi connectivity index (χ0n) is 21.2. The second kappa shape index (κ2) is 12.1. The van der Waals surface area contributed by atoms with E-state index < -0.39 is 11.9 Å². The molecule has 2 bridgehead atoms. The number of hydrogen-bond donors (Lipinski definition) is 0. The van der Waals surface area contributed by atoms with Crippen LogP contribution in [0.15, 0.2) is 77.7 Å². The standard InChI is InChI=1S/C30H32ClF2N2O2S/c31-24-5-3-6-26(19-24)38-18-4-15-35-16-13-23(14-17-35)29(21-35)37-30(36)34(28-8-2-1-7-27(28)33)20-22-9-11-25(32)12-10-22/h1-3,5-12,19,23,29H,4,13-18,20-21H2/q+1. The Morgan fingerprint density at radius 1 is 1.03 bits per heavy atom. The van der Waals surface area contributed by atoms with Crippen molar-refractivity contribution in [1.29, 1.82) is 0 Å². The minimum atomic E-state index is -0.562. The maximum Gasteiger partial charge on any atom is 0.415 e. The molecular formula is C30H32ClF2N2O2S+. The predicted octanol–water partition coefficient (Wildman–Crippen LogP) is 7.55. The summed E-state index contributed by atoms with van der Waals surface area (Å²) in [6, 6.07) is 20.0. The van der Waals surface area contributed by atoms with Gasteiger partial charge in [-0.3, -0.25) is 4.90 Å². The molecule has 0 aromatic heterocycles. The summed E-state index contributed by atoms with van der Waals surface area (Å²) in [5.41, 5.74) is 0.853. The maximum absolute atomic E-state index is 14.8. The Balaban J connectivity index is 1.23. The smallest absolute Gasteiger partial charge is 0.415 e. The van der Waals surface area contributed by atoms with Gasteiger partial charge in [-0.15, -0.1) is 11.8 Å². The summed E-state index contributed by atoms with van der Waals surface area (Å²) in [5.74, 6) is 0.475. The molecule has 0 aliphatic carbocycles. The third-order valence-electron chi connectivity index (χ3n) is 7.75. The Hall–Kier alpha value is -2.61. The van der Waals surface area contributed by atoms with Gasteiger partial charge in [0.05, 0.1) is 31.9 Å². The number of carbonyl (C=O) groups is 1. The van der Waals surface area contributed by atoms with Gasteiger partial charge in [-0.25, -0.2) is 13.6 Å². The highest BCUT2D eigenvalue weighted by Gasteiger charge is 2.47. The number of quaternary nitrogens is 1. The molecule has 3 saturated heterocycles. The van der Waals surface area contributed by atoms with Gasteiger partial charge in [0.2, 0.25) is 0 Å². The Morgan fingerprint density at radius 2 is 1.79 bits per heavy atom. The summed E-state index contributed by atoms with van der Waals surface area (Å²) in [4.78, 5) is 16.0. The van der Waals surface area contributed by atoms with Crippen molar-refractivity contribution in [3.63, 3.8) is 0 Å². The third kappa shape index (κ3) is 6.50. The van der Waals surface area contributed by atoms with E-state index in [4.69, 9.17) is 16.3 Å². The first-order valence-corrected chi connectivity index (χ1v) is 14.5. The van der Waals surface area contributed by atoms with E-state index in [0.29, 0.717) is 11.5 Å². The zero-order chi connectivity index (χ0) is 26.5. The molecule has 3 fully saturated rings. The molecule has 1 unspecified atom stereocenters. The van der Waals surface area contributed by atoms with Crippen LogP contribution in [0.3, 0.4) is 0 Å². The number of fused-ring (bicyclic) bond motifs is 3. The highest BCUT2D eigenvalue weighted by Crippen LogP contribution is 2.37. The molecule has 1 atom stereocenters. The van der Waals surface area contributed by atoms with Gasteiger partial charge in [-0.2, -0.15) is 0 Å². The normalized spacial score (nSPS) is 22.3. The van der Waals surface area contributed by atoms with Crippen LogP contribution in [0.1, 0.15) is 24.8 Å². The van der Waals surface area contributed by atoms with Crippen molar-refractivity contribution in [3.8, 4) is 0 Å². The first-order chi connectivity index (χ1) is 18.4. The number of rotatable bonds is 9. The van der Waals surface area contributed by atoms with E-state index >= 15 is 0 Å². The summed E-state index contributed by atoms with van der Waals surface area (Å²) in [7, 11) is 0. The molecule has 1 amide bonds. The lowest BCUT2D eigenvalue weighted by molar-refractivity contribution is -0.946. The Morgan fingerprint density at radius 3 is 2.53 bits per heavy atom. The van der Waals surface area contributed by atoms with Gasteiger partial charge < -0.3 is 9.22 Å². The largest absolute Gasteiger partial charge is 0.440 e. The van der Waals surface area contributed by atoms with Gasteiger partial charge in [0.15, 0.2) is 6.10 Å². The SMILES string of the molecule is O=C(OC1C[N+]2(CCCSc3cccc(Cl)c3)CCC1CC2)N(Cc1ccc(F)cc1)c1ccccc1F. The lowest BCUT2D eigenvalue weighted by Crippen LogP contribution is -2.65. The number of amides is 1. The summed E-state index contributed by atoms with van der Waals surface area (Å²) >= 11 is 7.93. The van der Waals surface area contributed by atoms with Crippen molar-refractivity contribution in [3.05, 3.63) is 95.0 Å². The molecule has 6 rings (SSSR count). The topological polar surface area (TPSA) is 29.5 Å². The second-order valence-electron chi connectivity index (χ2n) is 10.3. The molecule has 3 aliphatic heterocycles. The van der Waals surface area contributed by atoms with E-state index in [1.165, 1.54) is 28.0 Å². The predicted molar refractivity (Wildman–Crippen MR) is 148 cm³/mol. The molecule has 8 heteroatoms.